The van der Waals surface area contributed by atoms with E-state index in [1.165, 1.54) is 4.90 Å². The van der Waals surface area contributed by atoms with Gasteiger partial charge in [-0.2, -0.15) is 0 Å². The molecule has 0 radical (unpaired) electrons. The second-order valence-corrected chi connectivity index (χ2v) is 8.26. The maximum Gasteiger partial charge on any atom is 0.278 e. The van der Waals surface area contributed by atoms with Gasteiger partial charge in [-0.05, 0) is 71.8 Å². The summed E-state index contributed by atoms with van der Waals surface area (Å²) in [6.45, 7) is 9.87. The molecule has 2 aliphatic rings. The van der Waals surface area contributed by atoms with Gasteiger partial charge >= 0.3 is 0 Å². The first-order chi connectivity index (χ1) is 12.7. The number of likely N-dealkylation sites (tertiary alicyclic amines) is 1. The number of hydrogen-bond acceptors (Lipinski definition) is 4. The molecule has 1 saturated heterocycles. The molecule has 0 N–H and O–H groups in total. The van der Waals surface area contributed by atoms with Crippen LogP contribution >= 0.6 is 0 Å². The van der Waals surface area contributed by atoms with Crippen molar-refractivity contribution in [2.75, 3.05) is 27.2 Å². The number of benzene rings is 1. The van der Waals surface area contributed by atoms with Crippen molar-refractivity contribution in [2.45, 2.75) is 52.6 Å². The van der Waals surface area contributed by atoms with E-state index in [1.54, 1.807) is 0 Å². The Morgan fingerprint density at radius 2 is 1.70 bits per heavy atom. The predicted octanol–water partition coefficient (Wildman–Crippen LogP) is 2.82. The lowest BCUT2D eigenvalue weighted by Gasteiger charge is -2.37. The first-order valence-corrected chi connectivity index (χ1v) is 9.83. The van der Waals surface area contributed by atoms with Crippen LogP contribution in [0.25, 0.3) is 5.57 Å². The molecule has 2 aliphatic heterocycles. The molecule has 1 fully saturated rings. The molecule has 0 aliphatic carbocycles. The van der Waals surface area contributed by atoms with Crippen molar-refractivity contribution in [2.24, 2.45) is 0 Å². The molecule has 5 heteroatoms. The minimum atomic E-state index is -0.170. The highest BCUT2D eigenvalue weighted by molar-refractivity contribution is 6.35. The number of rotatable bonds is 4. The molecule has 0 aromatic heterocycles. The maximum absolute atomic E-state index is 13.3. The van der Waals surface area contributed by atoms with Gasteiger partial charge in [0.1, 0.15) is 5.70 Å². The van der Waals surface area contributed by atoms with Crippen molar-refractivity contribution < 1.29 is 9.59 Å². The van der Waals surface area contributed by atoms with Crippen LogP contribution < -0.4 is 0 Å². The van der Waals surface area contributed by atoms with Gasteiger partial charge in [-0.25, -0.2) is 0 Å². The van der Waals surface area contributed by atoms with Gasteiger partial charge in [0.15, 0.2) is 0 Å². The van der Waals surface area contributed by atoms with Crippen LogP contribution in [0.3, 0.4) is 0 Å². The summed E-state index contributed by atoms with van der Waals surface area (Å²) in [7, 11) is 4.10. The van der Waals surface area contributed by atoms with Gasteiger partial charge in [-0.3, -0.25) is 14.5 Å². The predicted molar refractivity (Wildman–Crippen MR) is 108 cm³/mol. The van der Waals surface area contributed by atoms with Crippen LogP contribution in [-0.2, 0) is 9.59 Å². The number of nitrogens with zero attached hydrogens (tertiary/aromatic N) is 3. The van der Waals surface area contributed by atoms with Crippen LogP contribution in [0.2, 0.25) is 0 Å². The molecule has 0 spiro atoms. The number of hydrogen-bond donors (Lipinski definition) is 0. The van der Waals surface area contributed by atoms with E-state index in [0.717, 1.165) is 42.6 Å². The lowest BCUT2D eigenvalue weighted by Crippen LogP contribution is -2.44. The van der Waals surface area contributed by atoms with Crippen molar-refractivity contribution in [1.82, 2.24) is 14.7 Å². The molecular weight excluding hydrogens is 338 g/mol. The first-order valence-electron chi connectivity index (χ1n) is 9.83. The van der Waals surface area contributed by atoms with E-state index in [9.17, 15) is 9.59 Å². The smallest absolute Gasteiger partial charge is 0.278 e. The summed E-state index contributed by atoms with van der Waals surface area (Å²) in [5.41, 5.74) is 4.19. The largest absolute Gasteiger partial charge is 0.366 e. The summed E-state index contributed by atoms with van der Waals surface area (Å²) in [6.07, 6.45) is 2.00. The molecule has 5 nitrogen and oxygen atoms in total. The Morgan fingerprint density at radius 3 is 2.26 bits per heavy atom. The average Bonchev–Trinajstić information content (AvgIpc) is 2.85. The molecule has 0 bridgehead atoms. The van der Waals surface area contributed by atoms with Gasteiger partial charge < -0.3 is 9.80 Å². The Balaban J connectivity index is 2.09. The monoisotopic (exact) mass is 369 g/mol. The minimum absolute atomic E-state index is 0.158. The number of amides is 2. The van der Waals surface area contributed by atoms with Gasteiger partial charge in [-0.1, -0.05) is 23.8 Å². The zero-order valence-corrected chi connectivity index (χ0v) is 17.4. The van der Waals surface area contributed by atoms with E-state index in [1.807, 2.05) is 46.9 Å². The SMILES string of the molecule is Cc1ccc(C2=C(N(C)C3CCN(C)CC3)C(=O)N(C(C)C)C2=O)c(C)c1. The van der Waals surface area contributed by atoms with Crippen LogP contribution in [-0.4, -0.2) is 65.8 Å². The zero-order valence-electron chi connectivity index (χ0n) is 17.4. The Morgan fingerprint density at radius 1 is 1.07 bits per heavy atom. The summed E-state index contributed by atoms with van der Waals surface area (Å²) in [5.74, 6) is -0.330. The van der Waals surface area contributed by atoms with E-state index in [4.69, 9.17) is 0 Å². The van der Waals surface area contributed by atoms with E-state index in [2.05, 4.69) is 22.9 Å². The van der Waals surface area contributed by atoms with Crippen molar-refractivity contribution in [1.29, 1.82) is 0 Å². The highest BCUT2D eigenvalue weighted by atomic mass is 16.2. The fourth-order valence-corrected chi connectivity index (χ4v) is 4.23. The molecule has 0 atom stereocenters. The number of likely N-dealkylation sites (N-methyl/N-ethyl adjacent to an activating group) is 1. The summed E-state index contributed by atoms with van der Waals surface area (Å²) >= 11 is 0. The lowest BCUT2D eigenvalue weighted by atomic mass is 9.96. The van der Waals surface area contributed by atoms with Crippen molar-refractivity contribution in [3.8, 4) is 0 Å². The van der Waals surface area contributed by atoms with Crippen LogP contribution in [0.1, 0.15) is 43.4 Å². The van der Waals surface area contributed by atoms with Gasteiger partial charge in [0.2, 0.25) is 0 Å². The van der Waals surface area contributed by atoms with Gasteiger partial charge in [0.25, 0.3) is 11.8 Å². The Kier molecular flexibility index (Phi) is 5.43. The number of aryl methyl sites for hydroxylation is 2. The number of imide groups is 1. The number of piperidine rings is 1. The second kappa shape index (κ2) is 7.47. The molecule has 2 heterocycles. The topological polar surface area (TPSA) is 43.9 Å². The molecule has 146 valence electrons. The van der Waals surface area contributed by atoms with E-state index in [-0.39, 0.29) is 23.9 Å². The zero-order chi connectivity index (χ0) is 19.9. The first kappa shape index (κ1) is 19.6. The van der Waals surface area contributed by atoms with E-state index < -0.39 is 0 Å². The highest BCUT2D eigenvalue weighted by Gasteiger charge is 2.43. The third-order valence-electron chi connectivity index (χ3n) is 5.85. The molecule has 1 aromatic rings. The highest BCUT2D eigenvalue weighted by Crippen LogP contribution is 2.35. The second-order valence-electron chi connectivity index (χ2n) is 8.26. The van der Waals surface area contributed by atoms with Crippen LogP contribution in [0, 0.1) is 13.8 Å². The number of carbonyl (C=O) groups excluding carboxylic acids is 2. The molecule has 27 heavy (non-hydrogen) atoms. The van der Waals surface area contributed by atoms with Gasteiger partial charge in [-0.15, -0.1) is 0 Å². The molecule has 2 amide bonds. The van der Waals surface area contributed by atoms with Crippen molar-refractivity contribution >= 4 is 17.4 Å². The summed E-state index contributed by atoms with van der Waals surface area (Å²) < 4.78 is 0. The average molecular weight is 370 g/mol. The summed E-state index contributed by atoms with van der Waals surface area (Å²) in [5, 5.41) is 0. The Labute approximate surface area is 162 Å². The molecular formula is C22H31N3O2. The molecule has 0 unspecified atom stereocenters. The lowest BCUT2D eigenvalue weighted by molar-refractivity contribution is -0.139. The van der Waals surface area contributed by atoms with Crippen LogP contribution in [0.4, 0.5) is 0 Å². The van der Waals surface area contributed by atoms with E-state index in [0.29, 0.717) is 11.3 Å². The minimum Gasteiger partial charge on any atom is -0.366 e. The molecule has 3 rings (SSSR count). The molecule has 0 saturated carbocycles. The molecule has 1 aromatic carbocycles. The van der Waals surface area contributed by atoms with Gasteiger partial charge in [0.05, 0.1) is 5.57 Å². The van der Waals surface area contributed by atoms with Gasteiger partial charge in [0, 0.05) is 19.1 Å². The Bertz CT molecular complexity index is 789. The third-order valence-corrected chi connectivity index (χ3v) is 5.85. The standard InChI is InChI=1S/C22H31N3O2/c1-14(2)25-21(26)19(18-8-7-15(3)13-16(18)4)20(22(25)27)24(6)17-9-11-23(5)12-10-17/h7-8,13-14,17H,9-12H2,1-6H3. The van der Waals surface area contributed by atoms with Crippen LogP contribution in [0.15, 0.2) is 23.9 Å². The quantitative estimate of drug-likeness (QED) is 0.766. The van der Waals surface area contributed by atoms with Crippen LogP contribution in [0.5, 0.6) is 0 Å². The summed E-state index contributed by atoms with van der Waals surface area (Å²) in [4.78, 5) is 32.3. The summed E-state index contributed by atoms with van der Waals surface area (Å²) in [6, 6.07) is 6.19. The Hall–Kier alpha value is -2.14. The maximum atomic E-state index is 13.3. The fraction of sp³-hybridized carbons (Fsp3) is 0.545. The number of carbonyl (C=O) groups is 2. The van der Waals surface area contributed by atoms with E-state index >= 15 is 0 Å². The third kappa shape index (κ3) is 3.53. The normalized spacial score (nSPS) is 19.6. The fourth-order valence-electron chi connectivity index (χ4n) is 4.23. The van der Waals surface area contributed by atoms with Crippen molar-refractivity contribution in [3.05, 3.63) is 40.6 Å². The van der Waals surface area contributed by atoms with Crippen molar-refractivity contribution in [3.63, 3.8) is 0 Å².